The van der Waals surface area contributed by atoms with Gasteiger partial charge in [0.25, 0.3) is 5.24 Å². The van der Waals surface area contributed by atoms with Gasteiger partial charge in [0.15, 0.2) is 0 Å². The van der Waals surface area contributed by atoms with Gasteiger partial charge in [-0.1, -0.05) is 31.7 Å². The molecule has 6 nitrogen and oxygen atoms in total. The van der Waals surface area contributed by atoms with Crippen molar-refractivity contribution in [2.24, 2.45) is 5.10 Å². The van der Waals surface area contributed by atoms with Gasteiger partial charge in [-0.3, -0.25) is 14.4 Å². The van der Waals surface area contributed by atoms with Crippen LogP contribution < -0.4 is 10.3 Å². The fourth-order valence-corrected chi connectivity index (χ4v) is 2.23. The summed E-state index contributed by atoms with van der Waals surface area (Å²) < 4.78 is 0. The summed E-state index contributed by atoms with van der Waals surface area (Å²) in [5, 5.41) is 3.38. The van der Waals surface area contributed by atoms with Gasteiger partial charge in [-0.05, 0) is 17.7 Å². The third-order valence-corrected chi connectivity index (χ3v) is 3.31. The number of nitrogens with one attached hydrogen (secondary N) is 1. The number of carbonyl (C=O) groups excluding carboxylic acids is 3. The van der Waals surface area contributed by atoms with Gasteiger partial charge in [-0.2, -0.15) is 5.10 Å². The van der Waals surface area contributed by atoms with Crippen LogP contribution in [-0.4, -0.2) is 22.8 Å². The van der Waals surface area contributed by atoms with Crippen molar-refractivity contribution in [1.82, 2.24) is 5.43 Å². The highest BCUT2D eigenvalue weighted by molar-refractivity contribution is 7.97. The Balaban J connectivity index is 2.24. The predicted molar refractivity (Wildman–Crippen MR) is 82.5 cm³/mol. The molecule has 1 aromatic carbocycles. The van der Waals surface area contributed by atoms with E-state index >= 15 is 0 Å². The SMILES string of the molecule is CCC(=O)N(C(=O)S)c1ccc(C2=NNC(=O)CC2)cc1. The second-order valence-corrected chi connectivity index (χ2v) is 4.89. The van der Waals surface area contributed by atoms with Crippen LogP contribution in [0.15, 0.2) is 29.4 Å². The molecular weight excluding hydrogens is 290 g/mol. The maximum Gasteiger partial charge on any atom is 0.289 e. The van der Waals surface area contributed by atoms with E-state index in [1.807, 2.05) is 0 Å². The molecule has 1 N–H and O–H groups in total. The fraction of sp³-hybridized carbons (Fsp3) is 0.286. The molecule has 0 bridgehead atoms. The number of imide groups is 1. The van der Waals surface area contributed by atoms with Crippen molar-refractivity contribution in [3.05, 3.63) is 29.8 Å². The van der Waals surface area contributed by atoms with Gasteiger partial charge in [0.1, 0.15) is 0 Å². The van der Waals surface area contributed by atoms with E-state index in [2.05, 4.69) is 23.2 Å². The summed E-state index contributed by atoms with van der Waals surface area (Å²) in [4.78, 5) is 35.3. The van der Waals surface area contributed by atoms with Crippen molar-refractivity contribution in [1.29, 1.82) is 0 Å². The first-order valence-electron chi connectivity index (χ1n) is 6.54. The Morgan fingerprint density at radius 1 is 1.29 bits per heavy atom. The van der Waals surface area contributed by atoms with Crippen LogP contribution in [0.5, 0.6) is 0 Å². The van der Waals surface area contributed by atoms with Gasteiger partial charge >= 0.3 is 0 Å². The van der Waals surface area contributed by atoms with E-state index in [0.29, 0.717) is 18.5 Å². The molecule has 0 saturated carbocycles. The fourth-order valence-electron chi connectivity index (χ4n) is 2.00. The molecule has 1 aliphatic heterocycles. The molecule has 0 radical (unpaired) electrons. The summed E-state index contributed by atoms with van der Waals surface area (Å²) >= 11 is 3.73. The highest BCUT2D eigenvalue weighted by Crippen LogP contribution is 2.20. The second kappa shape index (κ2) is 6.53. The average Bonchev–Trinajstić information content (AvgIpc) is 2.48. The normalized spacial score (nSPS) is 14.2. The van der Waals surface area contributed by atoms with Crippen molar-refractivity contribution < 1.29 is 14.4 Å². The number of rotatable bonds is 3. The zero-order valence-electron chi connectivity index (χ0n) is 11.5. The van der Waals surface area contributed by atoms with Gasteiger partial charge in [0, 0.05) is 19.3 Å². The Labute approximate surface area is 127 Å². The Bertz CT molecular complexity index is 610. The Morgan fingerprint density at radius 3 is 2.43 bits per heavy atom. The van der Waals surface area contributed by atoms with E-state index in [9.17, 15) is 14.4 Å². The lowest BCUT2D eigenvalue weighted by Crippen LogP contribution is -2.32. The van der Waals surface area contributed by atoms with Crippen molar-refractivity contribution in [3.8, 4) is 0 Å². The summed E-state index contributed by atoms with van der Waals surface area (Å²) in [6.07, 6.45) is 1.18. The van der Waals surface area contributed by atoms with E-state index in [1.165, 1.54) is 0 Å². The predicted octanol–water partition coefficient (Wildman–Crippen LogP) is 2.09. The molecule has 0 aliphatic carbocycles. The van der Waals surface area contributed by atoms with Gasteiger partial charge in [-0.15, -0.1) is 0 Å². The number of hydrazone groups is 1. The Hall–Kier alpha value is -2.15. The first-order valence-corrected chi connectivity index (χ1v) is 6.99. The molecule has 0 fully saturated rings. The van der Waals surface area contributed by atoms with Gasteiger partial charge in [0.2, 0.25) is 11.8 Å². The maximum absolute atomic E-state index is 11.8. The van der Waals surface area contributed by atoms with Crippen LogP contribution in [0.3, 0.4) is 0 Å². The molecule has 0 spiro atoms. The zero-order chi connectivity index (χ0) is 15.4. The minimum Gasteiger partial charge on any atom is -0.274 e. The molecular formula is C14H15N3O3S. The van der Waals surface area contributed by atoms with E-state index in [0.717, 1.165) is 16.2 Å². The minimum atomic E-state index is -0.614. The van der Waals surface area contributed by atoms with Crippen LogP contribution in [-0.2, 0) is 9.59 Å². The van der Waals surface area contributed by atoms with Crippen LogP contribution in [0.4, 0.5) is 10.5 Å². The van der Waals surface area contributed by atoms with Crippen LogP contribution in [0.2, 0.25) is 0 Å². The number of thiol groups is 1. The number of carbonyl (C=O) groups is 3. The molecule has 3 amide bonds. The monoisotopic (exact) mass is 305 g/mol. The Morgan fingerprint density at radius 2 is 1.95 bits per heavy atom. The van der Waals surface area contributed by atoms with Crippen LogP contribution in [0.25, 0.3) is 0 Å². The van der Waals surface area contributed by atoms with Crippen LogP contribution in [0, 0.1) is 0 Å². The van der Waals surface area contributed by atoms with Crippen molar-refractivity contribution in [3.63, 3.8) is 0 Å². The molecule has 2 rings (SSSR count). The summed E-state index contributed by atoms with van der Waals surface area (Å²) in [6, 6.07) is 6.85. The number of nitrogens with zero attached hydrogens (tertiary/aromatic N) is 2. The molecule has 0 atom stereocenters. The van der Waals surface area contributed by atoms with Crippen molar-refractivity contribution in [2.45, 2.75) is 26.2 Å². The maximum atomic E-state index is 11.8. The van der Waals surface area contributed by atoms with Crippen molar-refractivity contribution >= 4 is 41.1 Å². The molecule has 0 saturated heterocycles. The molecule has 0 unspecified atom stereocenters. The molecule has 1 aliphatic rings. The van der Waals surface area contributed by atoms with E-state index in [1.54, 1.807) is 31.2 Å². The first kappa shape index (κ1) is 15.2. The minimum absolute atomic E-state index is 0.101. The van der Waals surface area contributed by atoms with Gasteiger partial charge < -0.3 is 0 Å². The number of anilines is 1. The molecule has 1 heterocycles. The molecule has 110 valence electrons. The first-order chi connectivity index (χ1) is 10.0. The van der Waals surface area contributed by atoms with E-state index in [-0.39, 0.29) is 18.2 Å². The lowest BCUT2D eigenvalue weighted by molar-refractivity contribution is -0.121. The zero-order valence-corrected chi connectivity index (χ0v) is 12.4. The number of hydrogen-bond acceptors (Lipinski definition) is 4. The van der Waals surface area contributed by atoms with Gasteiger partial charge in [0.05, 0.1) is 11.4 Å². The lowest BCUT2D eigenvalue weighted by Gasteiger charge is -2.18. The van der Waals surface area contributed by atoms with E-state index < -0.39 is 5.24 Å². The van der Waals surface area contributed by atoms with Crippen molar-refractivity contribution in [2.75, 3.05) is 4.90 Å². The van der Waals surface area contributed by atoms with Crippen LogP contribution >= 0.6 is 12.6 Å². The smallest absolute Gasteiger partial charge is 0.274 e. The summed E-state index contributed by atoms with van der Waals surface area (Å²) in [6.45, 7) is 1.68. The molecule has 1 aromatic rings. The standard InChI is InChI=1S/C14H15N3O3S/c1-2-13(19)17(14(20)21)10-5-3-9(4-6-10)11-7-8-12(18)16-15-11/h3-6H,2,7-8H2,1H3,(H,16,18)(H,20,21). The quantitative estimate of drug-likeness (QED) is 0.839. The van der Waals surface area contributed by atoms with E-state index in [4.69, 9.17) is 0 Å². The number of amides is 3. The molecule has 0 aromatic heterocycles. The topological polar surface area (TPSA) is 78.8 Å². The average molecular weight is 305 g/mol. The summed E-state index contributed by atoms with van der Waals surface area (Å²) in [5.41, 5.74) is 4.51. The molecule has 7 heteroatoms. The largest absolute Gasteiger partial charge is 0.289 e. The molecule has 21 heavy (non-hydrogen) atoms. The van der Waals surface area contributed by atoms with Gasteiger partial charge in [-0.25, -0.2) is 10.3 Å². The second-order valence-electron chi connectivity index (χ2n) is 4.51. The lowest BCUT2D eigenvalue weighted by atomic mass is 10.0. The summed E-state index contributed by atoms with van der Waals surface area (Å²) in [7, 11) is 0. The Kier molecular flexibility index (Phi) is 4.74. The summed E-state index contributed by atoms with van der Waals surface area (Å²) in [5.74, 6) is -0.416. The van der Waals surface area contributed by atoms with Crippen LogP contribution in [0.1, 0.15) is 31.7 Å². The third-order valence-electron chi connectivity index (χ3n) is 3.11. The number of benzene rings is 1. The number of hydrogen-bond donors (Lipinski definition) is 2. The highest BCUT2D eigenvalue weighted by Gasteiger charge is 2.20. The third kappa shape index (κ3) is 3.49. The highest BCUT2D eigenvalue weighted by atomic mass is 32.1.